The minimum atomic E-state index is -0.222. The maximum Gasteiger partial charge on any atom is 0.330 e. The van der Waals surface area contributed by atoms with Crippen LogP contribution < -0.4 is 5.73 Å². The van der Waals surface area contributed by atoms with Crippen LogP contribution in [0.15, 0.2) is 59.8 Å². The Morgan fingerprint density at radius 2 is 1.92 bits per heavy atom. The van der Waals surface area contributed by atoms with Gasteiger partial charge in [0.05, 0.1) is 12.2 Å². The molecule has 0 saturated heterocycles. The SMILES string of the molecule is C=C1CCCC2CC=CC(C/C=C\C(=O)OC(C(/C=C/C3CCC(C)=C(C)C3)C3CC3)CC3CC3(N)CC1)O2. The van der Waals surface area contributed by atoms with E-state index < -0.39 is 0 Å². The third-order valence-corrected chi connectivity index (χ3v) is 10.2. The van der Waals surface area contributed by atoms with Gasteiger partial charge in [-0.1, -0.05) is 53.7 Å². The molecule has 2 bridgehead atoms. The number of nitrogens with two attached hydrogens (primary N) is 1. The molecular weight excluding hydrogens is 482 g/mol. The minimum Gasteiger partial charge on any atom is -0.459 e. The Hall–Kier alpha value is -1.91. The van der Waals surface area contributed by atoms with Crippen LogP contribution in [0.3, 0.4) is 0 Å². The summed E-state index contributed by atoms with van der Waals surface area (Å²) in [6.45, 7) is 8.93. The van der Waals surface area contributed by atoms with Gasteiger partial charge in [0, 0.05) is 17.5 Å². The highest BCUT2D eigenvalue weighted by molar-refractivity contribution is 5.82. The van der Waals surface area contributed by atoms with Crippen molar-refractivity contribution >= 4 is 5.97 Å². The molecule has 2 N–H and O–H groups in total. The van der Waals surface area contributed by atoms with Crippen LogP contribution in [0.5, 0.6) is 0 Å². The fourth-order valence-electron chi connectivity index (χ4n) is 7.04. The molecule has 7 unspecified atom stereocenters. The quantitative estimate of drug-likeness (QED) is 0.295. The van der Waals surface area contributed by atoms with Gasteiger partial charge < -0.3 is 15.2 Å². The number of rotatable bonds is 4. The minimum absolute atomic E-state index is 0.0359. The topological polar surface area (TPSA) is 61.5 Å². The highest BCUT2D eigenvalue weighted by Crippen LogP contribution is 2.51. The molecule has 5 aliphatic rings. The number of cyclic esters (lactones) is 1. The Morgan fingerprint density at radius 3 is 2.72 bits per heavy atom. The Morgan fingerprint density at radius 1 is 1.08 bits per heavy atom. The van der Waals surface area contributed by atoms with E-state index in [-0.39, 0.29) is 35.7 Å². The molecule has 4 nitrogen and oxygen atoms in total. The number of hydrogen-bond donors (Lipinski definition) is 1. The monoisotopic (exact) mass is 533 g/mol. The van der Waals surface area contributed by atoms with Gasteiger partial charge in [0.25, 0.3) is 0 Å². The van der Waals surface area contributed by atoms with Crippen LogP contribution in [0.25, 0.3) is 0 Å². The molecule has 5 rings (SSSR count). The molecule has 2 fully saturated rings. The molecule has 0 spiro atoms. The van der Waals surface area contributed by atoms with Crippen molar-refractivity contribution in [3.8, 4) is 0 Å². The molecule has 0 aromatic heterocycles. The van der Waals surface area contributed by atoms with Gasteiger partial charge in [-0.15, -0.1) is 0 Å². The Kier molecular flexibility index (Phi) is 9.34. The lowest BCUT2D eigenvalue weighted by atomic mass is 9.83. The van der Waals surface area contributed by atoms with Crippen LogP contribution in [-0.4, -0.2) is 29.8 Å². The molecule has 2 aliphatic heterocycles. The summed E-state index contributed by atoms with van der Waals surface area (Å²) in [7, 11) is 0. The van der Waals surface area contributed by atoms with Crippen molar-refractivity contribution in [2.24, 2.45) is 29.4 Å². The maximum absolute atomic E-state index is 13.1. The van der Waals surface area contributed by atoms with E-state index in [0.29, 0.717) is 24.2 Å². The first-order valence-corrected chi connectivity index (χ1v) is 15.8. The summed E-state index contributed by atoms with van der Waals surface area (Å²) < 4.78 is 12.6. The lowest BCUT2D eigenvalue weighted by molar-refractivity contribution is -0.146. The zero-order valence-corrected chi connectivity index (χ0v) is 24.4. The van der Waals surface area contributed by atoms with Crippen molar-refractivity contribution in [3.05, 3.63) is 59.8 Å². The molecule has 214 valence electrons. The largest absolute Gasteiger partial charge is 0.459 e. The average molecular weight is 534 g/mol. The highest BCUT2D eigenvalue weighted by atomic mass is 16.5. The van der Waals surface area contributed by atoms with Gasteiger partial charge >= 0.3 is 5.97 Å². The Bertz CT molecular complexity index is 1020. The van der Waals surface area contributed by atoms with Gasteiger partial charge in [-0.05, 0) is 121 Å². The molecule has 2 saturated carbocycles. The van der Waals surface area contributed by atoms with Crippen molar-refractivity contribution in [1.29, 1.82) is 0 Å². The predicted molar refractivity (Wildman–Crippen MR) is 159 cm³/mol. The number of carbonyl (C=O) groups excluding carboxylic acids is 1. The van der Waals surface area contributed by atoms with E-state index in [1.807, 2.05) is 6.08 Å². The molecule has 2 heterocycles. The molecule has 0 amide bonds. The summed E-state index contributed by atoms with van der Waals surface area (Å²) >= 11 is 0. The summed E-state index contributed by atoms with van der Waals surface area (Å²) in [5.74, 6) is 1.69. The van der Waals surface area contributed by atoms with Crippen molar-refractivity contribution in [3.63, 3.8) is 0 Å². The first-order chi connectivity index (χ1) is 18.8. The Balaban J connectivity index is 1.30. The van der Waals surface area contributed by atoms with Gasteiger partial charge in [0.15, 0.2) is 0 Å². The highest BCUT2D eigenvalue weighted by Gasteiger charge is 2.52. The maximum atomic E-state index is 13.1. The molecule has 0 radical (unpaired) electrons. The number of fused-ring (bicyclic) bond motifs is 3. The van der Waals surface area contributed by atoms with Gasteiger partial charge in [-0.2, -0.15) is 0 Å². The van der Waals surface area contributed by atoms with E-state index in [1.54, 1.807) is 17.2 Å². The van der Waals surface area contributed by atoms with E-state index in [0.717, 1.165) is 57.8 Å². The number of ether oxygens (including phenoxy) is 2. The van der Waals surface area contributed by atoms with E-state index in [4.69, 9.17) is 15.2 Å². The fourth-order valence-corrected chi connectivity index (χ4v) is 7.04. The standard InChI is InChI=1S/C35H51NO3/c1-24-7-4-8-30-9-5-10-31(38-30)11-6-12-34(37)39-33(22-29-23-35(29,36)20-19-24)32(28-16-17-28)18-15-27-14-13-25(2)26(3)21-27/h5-6,10,12,15,18,27-33H,1,4,7-9,11,13-14,16-17,19-23,36H2,2-3H3/b12-6-,18-15+. The second-order valence-corrected chi connectivity index (χ2v) is 13.4. The van der Waals surface area contributed by atoms with Crippen molar-refractivity contribution in [2.45, 2.75) is 128 Å². The van der Waals surface area contributed by atoms with Gasteiger partial charge in [-0.3, -0.25) is 0 Å². The smallest absolute Gasteiger partial charge is 0.330 e. The average Bonchev–Trinajstić information content (AvgIpc) is 3.83. The molecular formula is C35H51NO3. The first kappa shape index (κ1) is 28.6. The second-order valence-electron chi connectivity index (χ2n) is 13.4. The zero-order chi connectivity index (χ0) is 27.4. The molecule has 0 aromatic rings. The summed E-state index contributed by atoms with van der Waals surface area (Å²) in [6, 6.07) is 0. The van der Waals surface area contributed by atoms with Gasteiger partial charge in [0.2, 0.25) is 0 Å². The summed E-state index contributed by atoms with van der Waals surface area (Å²) in [4.78, 5) is 13.1. The molecule has 39 heavy (non-hydrogen) atoms. The number of allylic oxidation sites excluding steroid dienone is 4. The fraction of sp³-hybridized carbons (Fsp3) is 0.686. The molecule has 3 aliphatic carbocycles. The lowest BCUT2D eigenvalue weighted by Crippen LogP contribution is -2.31. The molecule has 0 aromatic carbocycles. The zero-order valence-electron chi connectivity index (χ0n) is 24.4. The van der Waals surface area contributed by atoms with E-state index in [1.165, 1.54) is 31.3 Å². The van der Waals surface area contributed by atoms with E-state index >= 15 is 0 Å². The van der Waals surface area contributed by atoms with Crippen molar-refractivity contribution < 1.29 is 14.3 Å². The van der Waals surface area contributed by atoms with E-state index in [2.05, 4.69) is 44.7 Å². The predicted octanol–water partition coefficient (Wildman–Crippen LogP) is 7.90. The molecule has 4 heteroatoms. The van der Waals surface area contributed by atoms with Crippen LogP contribution in [-0.2, 0) is 14.3 Å². The first-order valence-electron chi connectivity index (χ1n) is 15.8. The van der Waals surface area contributed by atoms with Crippen LogP contribution >= 0.6 is 0 Å². The van der Waals surface area contributed by atoms with Gasteiger partial charge in [-0.25, -0.2) is 4.79 Å². The van der Waals surface area contributed by atoms with Crippen molar-refractivity contribution in [2.75, 3.05) is 0 Å². The normalized spacial score (nSPS) is 38.5. The Labute approximate surface area is 236 Å². The van der Waals surface area contributed by atoms with Crippen LogP contribution in [0.1, 0.15) is 104 Å². The summed E-state index contributed by atoms with van der Waals surface area (Å²) in [5, 5.41) is 0. The number of hydrogen-bond acceptors (Lipinski definition) is 4. The van der Waals surface area contributed by atoms with E-state index in [9.17, 15) is 4.79 Å². The van der Waals surface area contributed by atoms with Crippen LogP contribution in [0.2, 0.25) is 0 Å². The van der Waals surface area contributed by atoms with Crippen molar-refractivity contribution in [1.82, 2.24) is 0 Å². The number of carbonyl (C=O) groups is 1. The third kappa shape index (κ3) is 8.07. The lowest BCUT2D eigenvalue weighted by Gasteiger charge is -2.27. The van der Waals surface area contributed by atoms with Crippen LogP contribution in [0.4, 0.5) is 0 Å². The number of esters is 1. The second kappa shape index (κ2) is 12.7. The third-order valence-electron chi connectivity index (χ3n) is 10.2. The molecule has 7 atom stereocenters. The summed E-state index contributed by atoms with van der Waals surface area (Å²) in [5.41, 5.74) is 11.2. The van der Waals surface area contributed by atoms with Gasteiger partial charge in [0.1, 0.15) is 6.10 Å². The van der Waals surface area contributed by atoms with Crippen LogP contribution in [0, 0.1) is 23.7 Å². The summed E-state index contributed by atoms with van der Waals surface area (Å²) in [6.07, 6.45) is 27.8.